The van der Waals surface area contributed by atoms with E-state index in [1.54, 1.807) is 20.8 Å². The zero-order valence-corrected chi connectivity index (χ0v) is 13.6. The van der Waals surface area contributed by atoms with E-state index in [0.29, 0.717) is 16.7 Å². The molecule has 0 rings (SSSR count). The summed E-state index contributed by atoms with van der Waals surface area (Å²) < 4.78 is 8.74. The average Bonchev–Trinajstić information content (AvgIpc) is 2.44. The van der Waals surface area contributed by atoms with Crippen LogP contribution in [0, 0.1) is 0 Å². The van der Waals surface area contributed by atoms with Gasteiger partial charge < -0.3 is 20.3 Å². The topological polar surface area (TPSA) is 116 Å². The Morgan fingerprint density at radius 1 is 0.955 bits per heavy atom. The lowest BCUT2D eigenvalue weighted by atomic mass is 10.3. The molecule has 1 amide bonds. The van der Waals surface area contributed by atoms with E-state index in [1.807, 2.05) is 0 Å². The molecule has 0 aromatic rings. The fraction of sp³-hybridized carbons (Fsp3) is 0.400. The Morgan fingerprint density at radius 2 is 1.32 bits per heavy atom. The van der Waals surface area contributed by atoms with Gasteiger partial charge in [-0.3, -0.25) is 4.79 Å². The smallest absolute Gasteiger partial charge is 0.333 e. The average molecular weight is 315 g/mol. The zero-order chi connectivity index (χ0) is 18.3. The second-order valence-corrected chi connectivity index (χ2v) is 4.06. The van der Waals surface area contributed by atoms with Crippen molar-refractivity contribution in [2.24, 2.45) is 5.73 Å². The number of carbonyl (C=O) groups is 3. The lowest BCUT2D eigenvalue weighted by Crippen LogP contribution is -2.10. The maximum atomic E-state index is 10.5. The maximum Gasteiger partial charge on any atom is 0.333 e. The summed E-state index contributed by atoms with van der Waals surface area (Å²) in [6.45, 7) is 14.6. The van der Waals surface area contributed by atoms with E-state index in [4.69, 9.17) is 10.8 Å². The summed E-state index contributed by atoms with van der Waals surface area (Å²) in [7, 11) is 1.33. The second kappa shape index (κ2) is 15.0. The Bertz CT molecular complexity index is 414. The first-order chi connectivity index (χ1) is 10.0. The third-order valence-electron chi connectivity index (χ3n) is 1.63. The Morgan fingerprint density at radius 3 is 1.45 bits per heavy atom. The number of methoxy groups -OCH3 is 1. The summed E-state index contributed by atoms with van der Waals surface area (Å²) in [6, 6.07) is 0. The van der Waals surface area contributed by atoms with Crippen molar-refractivity contribution in [3.63, 3.8) is 0 Å². The van der Waals surface area contributed by atoms with Gasteiger partial charge >= 0.3 is 11.9 Å². The first-order valence-corrected chi connectivity index (χ1v) is 6.13. The normalized spacial score (nSPS) is 8.05. The summed E-state index contributed by atoms with van der Waals surface area (Å²) >= 11 is 0. The highest BCUT2D eigenvalue weighted by Crippen LogP contribution is 1.90. The highest BCUT2D eigenvalue weighted by atomic mass is 16.5. The van der Waals surface area contributed by atoms with Gasteiger partial charge in [-0.1, -0.05) is 19.7 Å². The van der Waals surface area contributed by atoms with Gasteiger partial charge in [-0.25, -0.2) is 9.59 Å². The lowest BCUT2D eigenvalue weighted by molar-refractivity contribution is -0.140. The van der Waals surface area contributed by atoms with Crippen molar-refractivity contribution >= 4 is 17.8 Å². The molecule has 0 radical (unpaired) electrons. The van der Waals surface area contributed by atoms with Crippen LogP contribution in [0.3, 0.4) is 0 Å². The van der Waals surface area contributed by atoms with Gasteiger partial charge in [-0.05, 0) is 20.8 Å². The molecular formula is C15H25NO6. The summed E-state index contributed by atoms with van der Waals surface area (Å²) in [4.78, 5) is 30.5. The SMILES string of the molecule is C=C(C)C(=O)OC.C=C(C)C(=O)OCCO.C=C(C)C(N)=O. The monoisotopic (exact) mass is 315 g/mol. The largest absolute Gasteiger partial charge is 0.466 e. The van der Waals surface area contributed by atoms with Gasteiger partial charge in [0, 0.05) is 16.7 Å². The Hall–Kier alpha value is -2.41. The van der Waals surface area contributed by atoms with Crippen LogP contribution in [0.2, 0.25) is 0 Å². The number of nitrogens with two attached hydrogens (primary N) is 1. The fourth-order valence-electron chi connectivity index (χ4n) is 0.436. The van der Waals surface area contributed by atoms with Gasteiger partial charge in [0.2, 0.25) is 5.91 Å². The van der Waals surface area contributed by atoms with E-state index in [0.717, 1.165) is 0 Å². The van der Waals surface area contributed by atoms with E-state index in [-0.39, 0.29) is 19.2 Å². The van der Waals surface area contributed by atoms with E-state index in [2.05, 4.69) is 29.2 Å². The number of ether oxygens (including phenoxy) is 2. The van der Waals surface area contributed by atoms with Crippen LogP contribution in [0.4, 0.5) is 0 Å². The van der Waals surface area contributed by atoms with Crippen LogP contribution in [0.15, 0.2) is 36.5 Å². The van der Waals surface area contributed by atoms with Gasteiger partial charge in [-0.15, -0.1) is 0 Å². The highest BCUT2D eigenvalue weighted by Gasteiger charge is 1.99. The number of hydrogen-bond acceptors (Lipinski definition) is 6. The van der Waals surface area contributed by atoms with Crippen molar-refractivity contribution in [3.05, 3.63) is 36.5 Å². The predicted octanol–water partition coefficient (Wildman–Crippen LogP) is 0.881. The number of hydrogen-bond donors (Lipinski definition) is 2. The first-order valence-electron chi connectivity index (χ1n) is 6.13. The summed E-state index contributed by atoms with van der Waals surface area (Å²) in [5.41, 5.74) is 5.88. The van der Waals surface area contributed by atoms with Crippen molar-refractivity contribution in [2.75, 3.05) is 20.3 Å². The van der Waals surface area contributed by atoms with Crippen LogP contribution in [0.25, 0.3) is 0 Å². The summed E-state index contributed by atoms with van der Waals surface area (Å²) in [5, 5.41) is 8.19. The van der Waals surface area contributed by atoms with Crippen LogP contribution in [-0.2, 0) is 23.9 Å². The molecule has 0 aromatic carbocycles. The van der Waals surface area contributed by atoms with E-state index < -0.39 is 11.9 Å². The number of primary amides is 1. The molecule has 7 heteroatoms. The van der Waals surface area contributed by atoms with Crippen molar-refractivity contribution in [1.82, 2.24) is 0 Å². The molecule has 0 aromatic heterocycles. The van der Waals surface area contributed by atoms with Crippen LogP contribution >= 0.6 is 0 Å². The van der Waals surface area contributed by atoms with Gasteiger partial charge in [0.1, 0.15) is 6.61 Å². The zero-order valence-electron chi connectivity index (χ0n) is 13.6. The van der Waals surface area contributed by atoms with E-state index in [1.165, 1.54) is 7.11 Å². The molecule has 0 spiro atoms. The highest BCUT2D eigenvalue weighted by molar-refractivity contribution is 5.90. The Kier molecular flexibility index (Phi) is 16.8. The second-order valence-electron chi connectivity index (χ2n) is 4.06. The standard InChI is InChI=1S/C6H10O3.C5H8O2.C4H7NO/c1-5(2)6(8)9-4-3-7;1-4(2)5(6)7-3;1-3(2)4(5)6/h7H,1,3-4H2,2H3;1H2,2-3H3;1H2,2H3,(H2,5,6). The molecule has 3 N–H and O–H groups in total. The van der Waals surface area contributed by atoms with Crippen LogP contribution in [0.5, 0.6) is 0 Å². The number of amides is 1. The molecule has 0 aliphatic carbocycles. The van der Waals surface area contributed by atoms with Crippen molar-refractivity contribution < 1.29 is 29.0 Å². The maximum absolute atomic E-state index is 10.5. The van der Waals surface area contributed by atoms with Crippen LogP contribution < -0.4 is 5.73 Å². The lowest BCUT2D eigenvalue weighted by Gasteiger charge is -1.99. The van der Waals surface area contributed by atoms with E-state index >= 15 is 0 Å². The fourth-order valence-corrected chi connectivity index (χ4v) is 0.436. The van der Waals surface area contributed by atoms with Gasteiger partial charge in [0.25, 0.3) is 0 Å². The summed E-state index contributed by atoms with van der Waals surface area (Å²) in [6.07, 6.45) is 0. The van der Waals surface area contributed by atoms with E-state index in [9.17, 15) is 14.4 Å². The molecule has 0 heterocycles. The molecule has 0 unspecified atom stereocenters. The molecule has 0 atom stereocenters. The van der Waals surface area contributed by atoms with Crippen LogP contribution in [-0.4, -0.2) is 43.3 Å². The van der Waals surface area contributed by atoms with Crippen LogP contribution in [0.1, 0.15) is 20.8 Å². The molecule has 0 saturated carbocycles. The molecule has 7 nitrogen and oxygen atoms in total. The number of aliphatic hydroxyl groups is 1. The minimum Gasteiger partial charge on any atom is -0.466 e. The predicted molar refractivity (Wildman–Crippen MR) is 83.7 cm³/mol. The number of carbonyl (C=O) groups excluding carboxylic acids is 3. The van der Waals surface area contributed by atoms with Crippen molar-refractivity contribution in [1.29, 1.82) is 0 Å². The molecule has 0 saturated heterocycles. The third-order valence-corrected chi connectivity index (χ3v) is 1.63. The van der Waals surface area contributed by atoms with Gasteiger partial charge in [0.15, 0.2) is 0 Å². The first kappa shape index (κ1) is 24.6. The number of aliphatic hydroxyl groups excluding tert-OH is 1. The quantitative estimate of drug-likeness (QED) is 0.575. The van der Waals surface area contributed by atoms with Crippen molar-refractivity contribution in [3.8, 4) is 0 Å². The molecule has 0 aliphatic heterocycles. The number of esters is 2. The van der Waals surface area contributed by atoms with Gasteiger partial charge in [0.05, 0.1) is 13.7 Å². The number of rotatable bonds is 5. The molecule has 0 aliphatic rings. The molecular weight excluding hydrogens is 290 g/mol. The minimum absolute atomic E-state index is 0.0473. The Balaban J connectivity index is -0.000000252. The third kappa shape index (κ3) is 19.9. The molecule has 0 fully saturated rings. The summed E-state index contributed by atoms with van der Waals surface area (Å²) in [5.74, 6) is -1.24. The molecule has 126 valence electrons. The van der Waals surface area contributed by atoms with Crippen molar-refractivity contribution in [2.45, 2.75) is 20.8 Å². The molecule has 22 heavy (non-hydrogen) atoms. The molecule has 0 bridgehead atoms. The van der Waals surface area contributed by atoms with Gasteiger partial charge in [-0.2, -0.15) is 0 Å². The minimum atomic E-state index is -0.455. The Labute approximate surface area is 131 Å².